The molecule has 0 radical (unpaired) electrons. The van der Waals surface area contributed by atoms with Crippen LogP contribution in [0.1, 0.15) is 130 Å². The van der Waals surface area contributed by atoms with Gasteiger partial charge in [0, 0.05) is 11.1 Å². The number of carbonyl (C=O) groups is 2. The van der Waals surface area contributed by atoms with Crippen molar-refractivity contribution in [2.75, 3.05) is 0 Å². The van der Waals surface area contributed by atoms with Crippen LogP contribution in [0.5, 0.6) is 0 Å². The van der Waals surface area contributed by atoms with Crippen LogP contribution in [0.2, 0.25) is 0 Å². The van der Waals surface area contributed by atoms with Gasteiger partial charge in [0.1, 0.15) is 11.6 Å². The maximum Gasteiger partial charge on any atom is 0.229 e. The number of aromatic amines is 2. The number of benzene rings is 2. The van der Waals surface area contributed by atoms with Gasteiger partial charge >= 0.3 is 0 Å². The number of fused-ring (bicyclic) bond motifs is 2. The number of hydrogen-bond donors (Lipinski definition) is 6. The topological polar surface area (TPSA) is 156 Å². The number of aliphatic hydroxyl groups is 2. The van der Waals surface area contributed by atoms with Gasteiger partial charge in [-0.1, -0.05) is 25.7 Å². The lowest BCUT2D eigenvalue weighted by atomic mass is 9.76. The van der Waals surface area contributed by atoms with Crippen molar-refractivity contribution in [3.63, 3.8) is 0 Å². The average Bonchev–Trinajstić information content (AvgIpc) is 3.85. The second-order valence-electron chi connectivity index (χ2n) is 17.4. The normalized spacial score (nSPS) is 18.2. The minimum atomic E-state index is -1.19. The number of nitrogens with zero attached hydrogens (tertiary/aromatic N) is 2. The number of H-pyrrole nitrogens is 2. The van der Waals surface area contributed by atoms with E-state index in [4.69, 9.17) is 9.97 Å². The molecule has 1 unspecified atom stereocenters. The maximum atomic E-state index is 13.4. The van der Waals surface area contributed by atoms with E-state index in [0.29, 0.717) is 11.6 Å². The summed E-state index contributed by atoms with van der Waals surface area (Å²) in [6.07, 6.45) is 3.91. The van der Waals surface area contributed by atoms with Crippen LogP contribution in [0, 0.1) is 33.5 Å². The zero-order valence-corrected chi connectivity index (χ0v) is 31.1. The highest BCUT2D eigenvalue weighted by atomic mass is 16.3. The Bertz CT molecular complexity index is 1890. The molecule has 2 aliphatic rings. The Balaban J connectivity index is 1.23. The summed E-state index contributed by atoms with van der Waals surface area (Å²) >= 11 is 0. The predicted octanol–water partition coefficient (Wildman–Crippen LogP) is 6.35. The first-order chi connectivity index (χ1) is 23.0. The SMILES string of the molecule is CC1(C(NC(=O)C(C)(C)C(C)(C)O)c2nc3ccc(C#Cc4ccc5nc([C@@H](NC(=O)C(C)(C)C(C)(C)O)C6(C)CC6)[nH]c5c4)cc3[nH]2)CC1. The van der Waals surface area contributed by atoms with Gasteiger partial charge in [-0.25, -0.2) is 9.97 Å². The second-order valence-corrected chi connectivity index (χ2v) is 17.4. The molecule has 0 saturated heterocycles. The molecule has 0 bridgehead atoms. The van der Waals surface area contributed by atoms with Crippen LogP contribution < -0.4 is 10.6 Å². The van der Waals surface area contributed by atoms with Crippen molar-refractivity contribution in [2.24, 2.45) is 21.7 Å². The summed E-state index contributed by atoms with van der Waals surface area (Å²) in [6, 6.07) is 11.1. The van der Waals surface area contributed by atoms with E-state index in [9.17, 15) is 19.8 Å². The molecular weight excluding hydrogens is 628 g/mol. The van der Waals surface area contributed by atoms with Gasteiger partial charge in [-0.3, -0.25) is 9.59 Å². The second kappa shape index (κ2) is 11.7. The van der Waals surface area contributed by atoms with Gasteiger partial charge < -0.3 is 30.8 Å². The van der Waals surface area contributed by atoms with Gasteiger partial charge in [0.15, 0.2) is 0 Å². The number of carbonyl (C=O) groups excluding carboxylic acids is 2. The summed E-state index contributed by atoms with van der Waals surface area (Å²) in [5.74, 6) is 7.52. The molecule has 10 heteroatoms. The Morgan fingerprint density at radius 3 is 1.32 bits per heavy atom. The number of rotatable bonds is 10. The zero-order chi connectivity index (χ0) is 36.7. The molecule has 2 aliphatic carbocycles. The molecule has 2 heterocycles. The van der Waals surface area contributed by atoms with Crippen LogP contribution in [-0.2, 0) is 9.59 Å². The Morgan fingerprint density at radius 2 is 1.02 bits per heavy atom. The van der Waals surface area contributed by atoms with Crippen molar-refractivity contribution in [2.45, 2.75) is 118 Å². The van der Waals surface area contributed by atoms with E-state index in [2.05, 4.69) is 46.3 Å². The smallest absolute Gasteiger partial charge is 0.229 e. The molecule has 2 atom stereocenters. The summed E-state index contributed by atoms with van der Waals surface area (Å²) in [5.41, 5.74) is 0.298. The number of hydrogen-bond acceptors (Lipinski definition) is 6. The molecule has 2 aromatic heterocycles. The standard InChI is InChI=1S/C40H52N6O4/c1-35(2,37(5,6)49)33(47)45-29(39(9)17-18-39)31-41-25-15-13-23(21-27(25)43-31)11-12-24-14-16-26-28(22-24)44-32(42-26)30(40(10)19-20-40)46-34(48)36(3,4)38(7,8)50/h13-16,21-22,29-30,49-50H,17-20H2,1-10H3,(H,41,43)(H,42,44)(H,45,47)(H,46,48)/t29-,30?/m1/s1. The molecule has 266 valence electrons. The molecule has 2 fully saturated rings. The molecule has 2 aromatic carbocycles. The number of amides is 2. The van der Waals surface area contributed by atoms with Crippen LogP contribution in [-0.4, -0.2) is 53.2 Å². The average molecular weight is 681 g/mol. The van der Waals surface area contributed by atoms with E-state index >= 15 is 0 Å². The number of nitrogens with one attached hydrogen (secondary N) is 4. The van der Waals surface area contributed by atoms with Crippen molar-refractivity contribution in [3.8, 4) is 11.8 Å². The Morgan fingerprint density at radius 1 is 0.680 bits per heavy atom. The van der Waals surface area contributed by atoms with Gasteiger partial charge in [0.2, 0.25) is 11.8 Å². The lowest BCUT2D eigenvalue weighted by molar-refractivity contribution is -0.144. The fraction of sp³-hybridized carbons (Fsp3) is 0.550. The molecule has 4 aromatic rings. The van der Waals surface area contributed by atoms with Crippen molar-refractivity contribution in [1.29, 1.82) is 0 Å². The van der Waals surface area contributed by atoms with Gasteiger partial charge in [0.25, 0.3) is 0 Å². The van der Waals surface area contributed by atoms with Gasteiger partial charge in [-0.15, -0.1) is 0 Å². The van der Waals surface area contributed by atoms with Crippen molar-refractivity contribution in [3.05, 3.63) is 59.2 Å². The fourth-order valence-electron chi connectivity index (χ4n) is 5.93. The molecule has 2 saturated carbocycles. The van der Waals surface area contributed by atoms with E-state index in [0.717, 1.165) is 58.9 Å². The molecule has 10 nitrogen and oxygen atoms in total. The third-order valence-corrected chi connectivity index (χ3v) is 12.1. The van der Waals surface area contributed by atoms with Crippen molar-refractivity contribution >= 4 is 33.9 Å². The minimum absolute atomic E-state index is 0.109. The fourth-order valence-corrected chi connectivity index (χ4v) is 5.93. The van der Waals surface area contributed by atoms with E-state index in [1.807, 2.05) is 36.4 Å². The van der Waals surface area contributed by atoms with E-state index in [1.54, 1.807) is 55.4 Å². The lowest BCUT2D eigenvalue weighted by Crippen LogP contribution is -2.52. The van der Waals surface area contributed by atoms with Crippen LogP contribution in [0.25, 0.3) is 22.1 Å². The van der Waals surface area contributed by atoms with Crippen LogP contribution in [0.15, 0.2) is 36.4 Å². The van der Waals surface area contributed by atoms with E-state index in [-0.39, 0.29) is 34.7 Å². The first-order valence-electron chi connectivity index (χ1n) is 17.6. The lowest BCUT2D eigenvalue weighted by Gasteiger charge is -2.37. The van der Waals surface area contributed by atoms with Gasteiger partial charge in [-0.05, 0) is 128 Å². The highest BCUT2D eigenvalue weighted by molar-refractivity contribution is 5.85. The number of imidazole rings is 2. The highest BCUT2D eigenvalue weighted by Gasteiger charge is 2.52. The van der Waals surface area contributed by atoms with Crippen LogP contribution in [0.3, 0.4) is 0 Å². The molecular formula is C40H52N6O4. The third-order valence-electron chi connectivity index (χ3n) is 12.1. The largest absolute Gasteiger partial charge is 0.389 e. The maximum absolute atomic E-state index is 13.4. The van der Waals surface area contributed by atoms with Gasteiger partial charge in [-0.2, -0.15) is 0 Å². The number of aromatic nitrogens is 4. The Hall–Kier alpha value is -4.20. The van der Waals surface area contributed by atoms with Crippen molar-refractivity contribution in [1.82, 2.24) is 30.6 Å². The van der Waals surface area contributed by atoms with Crippen LogP contribution >= 0.6 is 0 Å². The summed E-state index contributed by atoms with van der Waals surface area (Å²) in [4.78, 5) is 43.4. The highest BCUT2D eigenvalue weighted by Crippen LogP contribution is 2.55. The summed E-state index contributed by atoms with van der Waals surface area (Å²) < 4.78 is 0. The minimum Gasteiger partial charge on any atom is -0.389 e. The first kappa shape index (κ1) is 35.6. The monoisotopic (exact) mass is 680 g/mol. The predicted molar refractivity (Wildman–Crippen MR) is 195 cm³/mol. The molecule has 50 heavy (non-hydrogen) atoms. The van der Waals surface area contributed by atoms with Crippen molar-refractivity contribution < 1.29 is 19.8 Å². The van der Waals surface area contributed by atoms with E-state index in [1.165, 1.54) is 0 Å². The van der Waals surface area contributed by atoms with E-state index < -0.39 is 22.0 Å². The third kappa shape index (κ3) is 6.54. The van der Waals surface area contributed by atoms with Crippen LogP contribution in [0.4, 0.5) is 0 Å². The summed E-state index contributed by atoms with van der Waals surface area (Å²) in [6.45, 7) is 18.0. The molecule has 0 spiro atoms. The Kier molecular flexibility index (Phi) is 8.32. The molecule has 0 aliphatic heterocycles. The molecule has 6 rings (SSSR count). The molecule has 2 amide bonds. The first-order valence-corrected chi connectivity index (χ1v) is 17.6. The van der Waals surface area contributed by atoms with Gasteiger partial charge in [0.05, 0.1) is 56.2 Å². The zero-order valence-electron chi connectivity index (χ0n) is 31.1. The quantitative estimate of drug-likeness (QED) is 0.107. The Labute approximate surface area is 294 Å². The summed E-state index contributed by atoms with van der Waals surface area (Å²) in [7, 11) is 0. The summed E-state index contributed by atoms with van der Waals surface area (Å²) in [5, 5.41) is 27.7. The molecule has 6 N–H and O–H groups in total.